The third kappa shape index (κ3) is 2.99. The van der Waals surface area contributed by atoms with Crippen LogP contribution in [0.1, 0.15) is 23.8 Å². The molecule has 5 nitrogen and oxygen atoms in total. The van der Waals surface area contributed by atoms with E-state index in [9.17, 15) is 4.79 Å². The quantitative estimate of drug-likeness (QED) is 0.909. The molecular formula is C15H19N3O2. The minimum Gasteiger partial charge on any atom is -0.497 e. The largest absolute Gasteiger partial charge is 0.497 e. The first-order valence-electron chi connectivity index (χ1n) is 6.62. The molecule has 0 aliphatic carbocycles. The fourth-order valence-corrected chi connectivity index (χ4v) is 1.91. The zero-order valence-corrected chi connectivity index (χ0v) is 12.0. The third-order valence-corrected chi connectivity index (χ3v) is 3.03. The molecule has 0 fully saturated rings. The zero-order valence-electron chi connectivity index (χ0n) is 12.0. The number of methoxy groups -OCH3 is 1. The maximum atomic E-state index is 12.0. The number of nitrogens with one attached hydrogen (secondary N) is 1. The van der Waals surface area contributed by atoms with Crippen LogP contribution in [-0.4, -0.2) is 29.3 Å². The first-order chi connectivity index (χ1) is 9.65. The average molecular weight is 273 g/mol. The fourth-order valence-electron chi connectivity index (χ4n) is 1.91. The monoisotopic (exact) mass is 273 g/mol. The molecule has 2 aromatic rings. The lowest BCUT2D eigenvalue weighted by Gasteiger charge is -2.02. The lowest BCUT2D eigenvalue weighted by atomic mass is 10.1. The van der Waals surface area contributed by atoms with Crippen LogP contribution < -0.4 is 10.1 Å². The van der Waals surface area contributed by atoms with Crippen molar-refractivity contribution in [2.45, 2.75) is 13.3 Å². The summed E-state index contributed by atoms with van der Waals surface area (Å²) in [6.45, 7) is 2.69. The van der Waals surface area contributed by atoms with E-state index in [1.54, 1.807) is 24.9 Å². The summed E-state index contributed by atoms with van der Waals surface area (Å²) >= 11 is 0. The van der Waals surface area contributed by atoms with Gasteiger partial charge in [0.25, 0.3) is 5.91 Å². The summed E-state index contributed by atoms with van der Waals surface area (Å²) in [7, 11) is 3.40. The topological polar surface area (TPSA) is 56.1 Å². The molecule has 0 saturated heterocycles. The summed E-state index contributed by atoms with van der Waals surface area (Å²) < 4.78 is 6.73. The summed E-state index contributed by atoms with van der Waals surface area (Å²) in [4.78, 5) is 12.0. The van der Waals surface area contributed by atoms with Gasteiger partial charge in [-0.25, -0.2) is 0 Å². The minimum atomic E-state index is -0.0957. The van der Waals surface area contributed by atoms with Crippen molar-refractivity contribution in [3.8, 4) is 17.0 Å². The molecule has 0 aliphatic rings. The molecule has 0 aliphatic heterocycles. The number of benzene rings is 1. The molecule has 1 amide bonds. The maximum absolute atomic E-state index is 12.0. The van der Waals surface area contributed by atoms with E-state index in [1.807, 2.05) is 31.2 Å². The molecule has 1 aromatic heterocycles. The van der Waals surface area contributed by atoms with Crippen molar-refractivity contribution in [2.24, 2.45) is 7.05 Å². The van der Waals surface area contributed by atoms with E-state index < -0.39 is 0 Å². The highest BCUT2D eigenvalue weighted by Gasteiger charge is 2.13. The Hall–Kier alpha value is -2.30. The molecular weight excluding hydrogens is 254 g/mol. The number of rotatable bonds is 5. The van der Waals surface area contributed by atoms with Crippen molar-refractivity contribution in [3.05, 3.63) is 36.0 Å². The van der Waals surface area contributed by atoms with Gasteiger partial charge in [0.05, 0.1) is 12.8 Å². The lowest BCUT2D eigenvalue weighted by molar-refractivity contribution is 0.0944. The first-order valence-corrected chi connectivity index (χ1v) is 6.62. The smallest absolute Gasteiger partial charge is 0.269 e. The van der Waals surface area contributed by atoms with Crippen LogP contribution in [0.2, 0.25) is 0 Å². The highest BCUT2D eigenvalue weighted by Crippen LogP contribution is 2.21. The second kappa shape index (κ2) is 6.23. The molecule has 0 spiro atoms. The molecule has 106 valence electrons. The number of hydrogen-bond acceptors (Lipinski definition) is 3. The van der Waals surface area contributed by atoms with Crippen molar-refractivity contribution in [2.75, 3.05) is 13.7 Å². The number of aryl methyl sites for hydroxylation is 1. The van der Waals surface area contributed by atoms with Crippen molar-refractivity contribution in [1.29, 1.82) is 0 Å². The molecule has 5 heteroatoms. The van der Waals surface area contributed by atoms with E-state index in [-0.39, 0.29) is 5.91 Å². The molecule has 0 saturated carbocycles. The second-order valence-corrected chi connectivity index (χ2v) is 4.52. The number of hydrogen-bond donors (Lipinski definition) is 1. The van der Waals surface area contributed by atoms with Gasteiger partial charge in [0.1, 0.15) is 11.4 Å². The molecule has 0 radical (unpaired) electrons. The van der Waals surface area contributed by atoms with Crippen LogP contribution >= 0.6 is 0 Å². The Labute approximate surface area is 118 Å². The van der Waals surface area contributed by atoms with Crippen molar-refractivity contribution in [1.82, 2.24) is 15.1 Å². The van der Waals surface area contributed by atoms with Gasteiger partial charge < -0.3 is 10.1 Å². The highest BCUT2D eigenvalue weighted by molar-refractivity contribution is 5.93. The van der Waals surface area contributed by atoms with Gasteiger partial charge in [0, 0.05) is 19.2 Å². The Morgan fingerprint density at radius 3 is 2.65 bits per heavy atom. The average Bonchev–Trinajstić information content (AvgIpc) is 2.87. The molecule has 20 heavy (non-hydrogen) atoms. The Bertz CT molecular complexity index is 588. The van der Waals surface area contributed by atoms with Crippen molar-refractivity contribution in [3.63, 3.8) is 0 Å². The van der Waals surface area contributed by atoms with Crippen LogP contribution in [0.25, 0.3) is 11.3 Å². The summed E-state index contributed by atoms with van der Waals surface area (Å²) in [5, 5.41) is 7.23. The molecule has 2 rings (SSSR count). The molecule has 1 N–H and O–H groups in total. The van der Waals surface area contributed by atoms with E-state index in [2.05, 4.69) is 10.4 Å². The summed E-state index contributed by atoms with van der Waals surface area (Å²) in [5.74, 6) is 0.701. The van der Waals surface area contributed by atoms with Gasteiger partial charge in [0.2, 0.25) is 0 Å². The molecule has 1 aromatic carbocycles. The summed E-state index contributed by atoms with van der Waals surface area (Å²) in [5.41, 5.74) is 2.29. The van der Waals surface area contributed by atoms with E-state index in [1.165, 1.54) is 0 Å². The van der Waals surface area contributed by atoms with Gasteiger partial charge in [-0.3, -0.25) is 9.48 Å². The highest BCUT2D eigenvalue weighted by atomic mass is 16.5. The van der Waals surface area contributed by atoms with Crippen LogP contribution in [0, 0.1) is 0 Å². The standard InChI is InChI=1S/C15H19N3O2/c1-4-9-16-15(19)14-10-13(17-18(14)2)11-5-7-12(20-3)8-6-11/h5-8,10H,4,9H2,1-3H3,(H,16,19). The van der Waals surface area contributed by atoms with E-state index in [0.29, 0.717) is 12.2 Å². The van der Waals surface area contributed by atoms with Gasteiger partial charge in [-0.2, -0.15) is 5.10 Å². The maximum Gasteiger partial charge on any atom is 0.269 e. The van der Waals surface area contributed by atoms with Crippen LogP contribution in [0.4, 0.5) is 0 Å². The van der Waals surface area contributed by atoms with E-state index in [4.69, 9.17) is 4.74 Å². The van der Waals surface area contributed by atoms with Gasteiger partial charge in [-0.05, 0) is 36.8 Å². The second-order valence-electron chi connectivity index (χ2n) is 4.52. The SMILES string of the molecule is CCCNC(=O)c1cc(-c2ccc(OC)cc2)nn1C. The fraction of sp³-hybridized carbons (Fsp3) is 0.333. The Kier molecular flexibility index (Phi) is 4.40. The molecule has 1 heterocycles. The van der Waals surface area contributed by atoms with E-state index >= 15 is 0 Å². The molecule has 0 bridgehead atoms. The molecule has 0 atom stereocenters. The van der Waals surface area contributed by atoms with Crippen LogP contribution in [-0.2, 0) is 7.05 Å². The van der Waals surface area contributed by atoms with Crippen molar-refractivity contribution >= 4 is 5.91 Å². The Morgan fingerprint density at radius 1 is 1.35 bits per heavy atom. The predicted octanol–water partition coefficient (Wildman–Crippen LogP) is 2.24. The summed E-state index contributed by atoms with van der Waals surface area (Å²) in [6.07, 6.45) is 0.912. The lowest BCUT2D eigenvalue weighted by Crippen LogP contribution is -2.26. The minimum absolute atomic E-state index is 0.0957. The van der Waals surface area contributed by atoms with Gasteiger partial charge in [-0.1, -0.05) is 6.92 Å². The predicted molar refractivity (Wildman–Crippen MR) is 77.8 cm³/mol. The van der Waals surface area contributed by atoms with Gasteiger partial charge in [-0.15, -0.1) is 0 Å². The number of ether oxygens (including phenoxy) is 1. The first kappa shape index (κ1) is 14.1. The number of aromatic nitrogens is 2. The zero-order chi connectivity index (χ0) is 14.5. The Balaban J connectivity index is 2.23. The molecule has 0 unspecified atom stereocenters. The van der Waals surface area contributed by atoms with Gasteiger partial charge >= 0.3 is 0 Å². The number of carbonyl (C=O) groups excluding carboxylic acids is 1. The van der Waals surface area contributed by atoms with Crippen LogP contribution in [0.5, 0.6) is 5.75 Å². The number of carbonyl (C=O) groups is 1. The van der Waals surface area contributed by atoms with Crippen molar-refractivity contribution < 1.29 is 9.53 Å². The summed E-state index contributed by atoms with van der Waals surface area (Å²) in [6, 6.07) is 9.40. The van der Waals surface area contributed by atoms with Crippen LogP contribution in [0.3, 0.4) is 0 Å². The van der Waals surface area contributed by atoms with Gasteiger partial charge in [0.15, 0.2) is 0 Å². The normalized spacial score (nSPS) is 10.3. The third-order valence-electron chi connectivity index (χ3n) is 3.03. The number of nitrogens with zero attached hydrogens (tertiary/aromatic N) is 2. The number of amides is 1. The van der Waals surface area contributed by atoms with E-state index in [0.717, 1.165) is 23.4 Å². The Morgan fingerprint density at radius 2 is 2.05 bits per heavy atom. The van der Waals surface area contributed by atoms with Crippen LogP contribution in [0.15, 0.2) is 30.3 Å².